The minimum Gasteiger partial charge on any atom is -0.322 e. The molecule has 0 radical (unpaired) electrons. The molecule has 0 atom stereocenters. The average Bonchev–Trinajstić information content (AvgIpc) is 2.50. The zero-order chi connectivity index (χ0) is 16.8. The van der Waals surface area contributed by atoms with Crippen LogP contribution in [0.4, 0.5) is 0 Å². The normalized spacial score (nSPS) is 15.1. The van der Waals surface area contributed by atoms with E-state index in [1.807, 2.05) is 17.6 Å². The number of hydrogen-bond acceptors (Lipinski definition) is 4. The number of nitrogens with one attached hydrogen (secondary N) is 1. The van der Waals surface area contributed by atoms with E-state index in [0.717, 1.165) is 36.9 Å². The highest BCUT2D eigenvalue weighted by atomic mass is 35.5. The fourth-order valence-corrected chi connectivity index (χ4v) is 3.54. The molecule has 1 aromatic rings. The summed E-state index contributed by atoms with van der Waals surface area (Å²) in [6, 6.07) is 3.78. The first kappa shape index (κ1) is 15.3. The number of hydrogen-bond donors (Lipinski definition) is 1. The van der Waals surface area contributed by atoms with E-state index >= 15 is 0 Å². The lowest BCUT2D eigenvalue weighted by Crippen LogP contribution is -2.30. The molecule has 0 unspecified atom stereocenters. The van der Waals surface area contributed by atoms with Crippen molar-refractivity contribution in [1.29, 1.82) is 0 Å². The summed E-state index contributed by atoms with van der Waals surface area (Å²) in [6.45, 7) is 2.77. The first-order valence-electron chi connectivity index (χ1n) is 8.20. The van der Waals surface area contributed by atoms with Gasteiger partial charge in [0.1, 0.15) is 0 Å². The van der Waals surface area contributed by atoms with Crippen LogP contribution in [0.1, 0.15) is 31.7 Å². The van der Waals surface area contributed by atoms with Gasteiger partial charge < -0.3 is 4.57 Å². The number of aryl methyl sites for hydroxylation is 1. The minimum atomic E-state index is -0.638. The van der Waals surface area contributed by atoms with Gasteiger partial charge in [0.15, 0.2) is 11.5 Å². The third-order valence-electron chi connectivity index (χ3n) is 4.82. The zero-order valence-electron chi connectivity index (χ0n) is 13.3. The molecule has 0 bridgehead atoms. The molecule has 1 N–H and O–H groups in total. The Morgan fingerprint density at radius 1 is 1.29 bits per heavy atom. The van der Waals surface area contributed by atoms with Gasteiger partial charge in [-0.25, -0.2) is 9.78 Å². The van der Waals surface area contributed by atoms with Gasteiger partial charge in [0.05, 0.1) is 11.0 Å². The highest BCUT2D eigenvalue weighted by Gasteiger charge is 2.24. The van der Waals surface area contributed by atoms with Gasteiger partial charge in [-0.05, 0) is 42.9 Å². The lowest BCUT2D eigenvalue weighted by atomic mass is 9.85. The maximum atomic E-state index is 12.2. The fraction of sp³-hybridized carbons (Fsp3) is 0.412. The topological polar surface area (TPSA) is 80.6 Å². The summed E-state index contributed by atoms with van der Waals surface area (Å²) in [7, 11) is 0. The van der Waals surface area contributed by atoms with E-state index < -0.39 is 11.2 Å². The molecular formula is C17H17ClN4O2. The second kappa shape index (κ2) is 5.70. The van der Waals surface area contributed by atoms with Gasteiger partial charge >= 0.3 is 5.69 Å². The summed E-state index contributed by atoms with van der Waals surface area (Å²) < 4.78 is 1.97. The van der Waals surface area contributed by atoms with Crippen LogP contribution < -0.4 is 11.2 Å². The molecular weight excluding hydrogens is 328 g/mol. The number of aromatic amines is 1. The van der Waals surface area contributed by atoms with Crippen molar-refractivity contribution in [2.24, 2.45) is 5.92 Å². The summed E-state index contributed by atoms with van der Waals surface area (Å²) in [4.78, 5) is 34.5. The molecule has 1 saturated carbocycles. The first-order valence-corrected chi connectivity index (χ1v) is 8.57. The summed E-state index contributed by atoms with van der Waals surface area (Å²) in [5.41, 5.74) is 1.57. The van der Waals surface area contributed by atoms with Gasteiger partial charge in [0.25, 0.3) is 5.56 Å². The van der Waals surface area contributed by atoms with Crippen molar-refractivity contribution in [3.8, 4) is 11.5 Å². The fourth-order valence-electron chi connectivity index (χ4n) is 3.25. The van der Waals surface area contributed by atoms with Crippen molar-refractivity contribution in [3.63, 3.8) is 0 Å². The molecule has 4 rings (SSSR count). The smallest absolute Gasteiger partial charge is 0.322 e. The molecule has 1 aliphatic carbocycles. The molecule has 3 aliphatic rings. The van der Waals surface area contributed by atoms with Crippen LogP contribution in [0.2, 0.25) is 5.02 Å². The molecule has 24 heavy (non-hydrogen) atoms. The second-order valence-electron chi connectivity index (χ2n) is 6.35. The Morgan fingerprint density at radius 2 is 2.08 bits per heavy atom. The van der Waals surface area contributed by atoms with Crippen LogP contribution in [0.5, 0.6) is 0 Å². The van der Waals surface area contributed by atoms with Crippen molar-refractivity contribution < 1.29 is 0 Å². The Morgan fingerprint density at radius 3 is 2.75 bits per heavy atom. The molecule has 1 aromatic carbocycles. The van der Waals surface area contributed by atoms with Crippen LogP contribution >= 0.6 is 11.6 Å². The van der Waals surface area contributed by atoms with Crippen LogP contribution in [0, 0.1) is 5.92 Å². The predicted molar refractivity (Wildman–Crippen MR) is 92.8 cm³/mol. The van der Waals surface area contributed by atoms with Gasteiger partial charge in [-0.2, -0.15) is 4.98 Å². The lowest BCUT2D eigenvalue weighted by Gasteiger charge is -2.28. The van der Waals surface area contributed by atoms with E-state index in [2.05, 4.69) is 15.0 Å². The van der Waals surface area contributed by atoms with Crippen molar-refractivity contribution in [2.45, 2.75) is 39.2 Å². The molecule has 6 nitrogen and oxygen atoms in total. The van der Waals surface area contributed by atoms with Gasteiger partial charge in [0, 0.05) is 11.6 Å². The van der Waals surface area contributed by atoms with Crippen LogP contribution in [-0.4, -0.2) is 19.5 Å². The van der Waals surface area contributed by atoms with Crippen LogP contribution in [0.15, 0.2) is 21.7 Å². The van der Waals surface area contributed by atoms with Crippen LogP contribution in [-0.2, 0) is 13.0 Å². The van der Waals surface area contributed by atoms with Gasteiger partial charge in [0.2, 0.25) is 0 Å². The zero-order valence-corrected chi connectivity index (χ0v) is 14.1. The monoisotopic (exact) mass is 344 g/mol. The summed E-state index contributed by atoms with van der Waals surface area (Å²) >= 11 is 6.32. The maximum Gasteiger partial charge on any atom is 0.349 e. The van der Waals surface area contributed by atoms with E-state index in [-0.39, 0.29) is 5.69 Å². The number of rotatable bonds is 3. The summed E-state index contributed by atoms with van der Waals surface area (Å²) in [5.74, 6) is 0.897. The molecule has 0 saturated heterocycles. The second-order valence-corrected chi connectivity index (χ2v) is 6.76. The maximum absolute atomic E-state index is 12.2. The van der Waals surface area contributed by atoms with Gasteiger partial charge in [-0.1, -0.05) is 24.9 Å². The SMILES string of the molecule is CCc1cc2c(cc1Cl)nc1c(=O)[nH]c(=O)nc-1n2CC1CCC1. The third-order valence-corrected chi connectivity index (χ3v) is 5.18. The Labute approximate surface area is 142 Å². The highest BCUT2D eigenvalue weighted by Crippen LogP contribution is 2.32. The molecule has 7 heteroatoms. The number of benzene rings is 1. The number of aromatic nitrogens is 4. The summed E-state index contributed by atoms with van der Waals surface area (Å²) in [6.07, 6.45) is 4.32. The number of fused-ring (bicyclic) bond motifs is 2. The Bertz CT molecular complexity index is 1020. The van der Waals surface area contributed by atoms with Gasteiger partial charge in [-0.15, -0.1) is 0 Å². The number of halogens is 1. The van der Waals surface area contributed by atoms with Crippen LogP contribution in [0.25, 0.3) is 22.6 Å². The first-order chi connectivity index (χ1) is 11.6. The molecule has 0 aromatic heterocycles. The van der Waals surface area contributed by atoms with Gasteiger partial charge in [-0.3, -0.25) is 9.78 Å². The largest absolute Gasteiger partial charge is 0.349 e. The van der Waals surface area contributed by atoms with E-state index in [1.54, 1.807) is 6.07 Å². The van der Waals surface area contributed by atoms with Crippen molar-refractivity contribution >= 4 is 22.6 Å². The average molecular weight is 345 g/mol. The molecule has 0 amide bonds. The molecule has 2 aliphatic heterocycles. The molecule has 0 spiro atoms. The number of nitrogens with zero attached hydrogens (tertiary/aromatic N) is 3. The van der Waals surface area contributed by atoms with Crippen molar-refractivity contribution in [2.75, 3.05) is 0 Å². The third kappa shape index (κ3) is 2.41. The Hall–Kier alpha value is -2.21. The van der Waals surface area contributed by atoms with E-state index in [9.17, 15) is 9.59 Å². The van der Waals surface area contributed by atoms with E-state index in [4.69, 9.17) is 11.6 Å². The van der Waals surface area contributed by atoms with Crippen LogP contribution in [0.3, 0.4) is 0 Å². The minimum absolute atomic E-state index is 0.182. The highest BCUT2D eigenvalue weighted by molar-refractivity contribution is 6.32. The molecule has 2 heterocycles. The Balaban J connectivity index is 2.09. The molecule has 1 fully saturated rings. The van der Waals surface area contributed by atoms with E-state index in [1.165, 1.54) is 6.42 Å². The molecule has 124 valence electrons. The predicted octanol–water partition coefficient (Wildman–Crippen LogP) is 2.60. The number of H-pyrrole nitrogens is 1. The van der Waals surface area contributed by atoms with Crippen molar-refractivity contribution in [3.05, 3.63) is 43.6 Å². The quantitative estimate of drug-likeness (QED) is 0.740. The van der Waals surface area contributed by atoms with Crippen molar-refractivity contribution in [1.82, 2.24) is 19.5 Å². The standard InChI is InChI=1S/C17H17ClN4O2/c1-2-10-6-13-12(7-11(10)18)19-14-15(20-17(24)21-16(14)23)22(13)8-9-4-3-5-9/h6-7,9H,2-5,8H2,1H3,(H,21,23,24). The summed E-state index contributed by atoms with van der Waals surface area (Å²) in [5, 5.41) is 0.636. The lowest BCUT2D eigenvalue weighted by molar-refractivity contribution is 0.279. The Kier molecular flexibility index (Phi) is 3.64. The van der Waals surface area contributed by atoms with E-state index in [0.29, 0.717) is 22.3 Å².